The summed E-state index contributed by atoms with van der Waals surface area (Å²) in [4.78, 5) is 25.9. The number of nitrogens with one attached hydrogen (secondary N) is 1. The van der Waals surface area contributed by atoms with Gasteiger partial charge in [0.15, 0.2) is 0 Å². The zero-order valence-electron chi connectivity index (χ0n) is 13.3. The van der Waals surface area contributed by atoms with Crippen LogP contribution >= 0.6 is 0 Å². The number of carbonyl (C=O) groups excluding carboxylic acids is 1. The first-order valence-electron chi connectivity index (χ1n) is 7.12. The monoisotopic (exact) mass is 326 g/mol. The first-order chi connectivity index (χ1) is 10.6. The molecule has 128 valence electrons. The lowest BCUT2D eigenvalue weighted by atomic mass is 10.0. The Kier molecular flexibility index (Phi) is 6.47. The van der Waals surface area contributed by atoms with Gasteiger partial charge in [0.25, 0.3) is 0 Å². The summed E-state index contributed by atoms with van der Waals surface area (Å²) in [5.41, 5.74) is -0.602. The predicted octanol–water partition coefficient (Wildman–Crippen LogP) is 1.09. The van der Waals surface area contributed by atoms with Gasteiger partial charge in [0.1, 0.15) is 17.4 Å². The number of nitrogens with zero attached hydrogens (tertiary/aromatic N) is 1. The molecule has 2 atom stereocenters. The quantitative estimate of drug-likeness (QED) is 0.615. The minimum absolute atomic E-state index is 0.0745. The normalized spacial score (nSPS) is 14.0. The maximum atomic E-state index is 11.4. The van der Waals surface area contributed by atoms with Gasteiger partial charge in [-0.15, -0.1) is 0 Å². The van der Waals surface area contributed by atoms with E-state index in [4.69, 9.17) is 9.84 Å². The van der Waals surface area contributed by atoms with Crippen LogP contribution in [0.3, 0.4) is 0 Å². The molecule has 1 aromatic rings. The number of carboxylic acid groups (broad SMARTS) is 1. The molecule has 1 aromatic heterocycles. The lowest BCUT2D eigenvalue weighted by Crippen LogP contribution is -2.34. The molecule has 0 spiro atoms. The largest absolute Gasteiger partial charge is 0.477 e. The third-order valence-corrected chi connectivity index (χ3v) is 2.82. The average molecular weight is 326 g/mol. The molecule has 0 saturated carbocycles. The van der Waals surface area contributed by atoms with E-state index in [1.165, 1.54) is 18.3 Å². The molecule has 0 aliphatic carbocycles. The smallest absolute Gasteiger partial charge is 0.407 e. The number of pyridine rings is 1. The Bertz CT molecular complexity index is 555. The highest BCUT2D eigenvalue weighted by atomic mass is 16.6. The van der Waals surface area contributed by atoms with Crippen LogP contribution in [0.1, 0.15) is 49.3 Å². The van der Waals surface area contributed by atoms with Gasteiger partial charge >= 0.3 is 12.1 Å². The highest BCUT2D eigenvalue weighted by Gasteiger charge is 2.21. The maximum Gasteiger partial charge on any atom is 0.407 e. The Balaban J connectivity index is 2.51. The van der Waals surface area contributed by atoms with Gasteiger partial charge in [0, 0.05) is 12.7 Å². The van der Waals surface area contributed by atoms with Crippen LogP contribution < -0.4 is 5.32 Å². The summed E-state index contributed by atoms with van der Waals surface area (Å²) in [5, 5.41) is 31.3. The third-order valence-electron chi connectivity index (χ3n) is 2.82. The molecule has 0 aromatic carbocycles. The van der Waals surface area contributed by atoms with Crippen LogP contribution in [-0.2, 0) is 4.74 Å². The zero-order valence-corrected chi connectivity index (χ0v) is 13.3. The Labute approximate surface area is 134 Å². The van der Waals surface area contributed by atoms with E-state index in [-0.39, 0.29) is 24.2 Å². The first-order valence-corrected chi connectivity index (χ1v) is 7.12. The van der Waals surface area contributed by atoms with Crippen LogP contribution in [0.4, 0.5) is 4.79 Å². The van der Waals surface area contributed by atoms with E-state index in [0.717, 1.165) is 0 Å². The van der Waals surface area contributed by atoms with Crippen molar-refractivity contribution in [3.63, 3.8) is 0 Å². The predicted molar refractivity (Wildman–Crippen MR) is 81.0 cm³/mol. The number of aliphatic hydroxyl groups is 2. The number of carbonyl (C=O) groups is 2. The van der Waals surface area contributed by atoms with Crippen LogP contribution in [0.25, 0.3) is 0 Å². The molecule has 0 aliphatic rings. The van der Waals surface area contributed by atoms with Crippen molar-refractivity contribution in [3.8, 4) is 0 Å². The SMILES string of the molecule is CC(C)(C)OC(=O)NCCC(O)C(O)c1ccnc(C(=O)O)c1. The Morgan fingerprint density at radius 1 is 1.35 bits per heavy atom. The zero-order chi connectivity index (χ0) is 17.6. The number of ether oxygens (including phenoxy) is 1. The first kappa shape index (κ1) is 18.9. The second-order valence-corrected chi connectivity index (χ2v) is 6.01. The second-order valence-electron chi connectivity index (χ2n) is 6.01. The van der Waals surface area contributed by atoms with Crippen LogP contribution in [0.2, 0.25) is 0 Å². The molecular formula is C15H22N2O6. The highest BCUT2D eigenvalue weighted by Crippen LogP contribution is 2.19. The molecule has 4 N–H and O–H groups in total. The van der Waals surface area contributed by atoms with E-state index in [1.807, 2.05) is 0 Å². The average Bonchev–Trinajstić information content (AvgIpc) is 2.44. The number of hydrogen-bond acceptors (Lipinski definition) is 6. The summed E-state index contributed by atoms with van der Waals surface area (Å²) in [6.45, 7) is 5.29. The molecule has 2 unspecified atom stereocenters. The number of aromatic nitrogens is 1. The van der Waals surface area contributed by atoms with Crippen molar-refractivity contribution in [2.24, 2.45) is 0 Å². The summed E-state index contributed by atoms with van der Waals surface area (Å²) < 4.78 is 5.04. The van der Waals surface area contributed by atoms with Crippen molar-refractivity contribution < 1.29 is 29.6 Å². The summed E-state index contributed by atoms with van der Waals surface area (Å²) in [6, 6.07) is 2.61. The van der Waals surface area contributed by atoms with Gasteiger partial charge in [-0.2, -0.15) is 0 Å². The molecule has 0 radical (unpaired) electrons. The lowest BCUT2D eigenvalue weighted by molar-refractivity contribution is 0.0121. The van der Waals surface area contributed by atoms with Crippen LogP contribution in [0.5, 0.6) is 0 Å². The molecule has 0 saturated heterocycles. The molecule has 0 aliphatic heterocycles. The van der Waals surface area contributed by atoms with Crippen molar-refractivity contribution in [2.45, 2.75) is 45.0 Å². The van der Waals surface area contributed by atoms with E-state index in [0.29, 0.717) is 0 Å². The Morgan fingerprint density at radius 2 is 2.00 bits per heavy atom. The van der Waals surface area contributed by atoms with Crippen molar-refractivity contribution >= 4 is 12.1 Å². The fourth-order valence-electron chi connectivity index (χ4n) is 1.76. The van der Waals surface area contributed by atoms with Crippen molar-refractivity contribution in [2.75, 3.05) is 6.54 Å². The molecule has 0 bridgehead atoms. The highest BCUT2D eigenvalue weighted by molar-refractivity contribution is 5.85. The van der Waals surface area contributed by atoms with E-state index in [9.17, 15) is 19.8 Å². The van der Waals surface area contributed by atoms with E-state index in [1.54, 1.807) is 20.8 Å². The van der Waals surface area contributed by atoms with Crippen molar-refractivity contribution in [1.82, 2.24) is 10.3 Å². The maximum absolute atomic E-state index is 11.4. The molecule has 0 fully saturated rings. The van der Waals surface area contributed by atoms with E-state index >= 15 is 0 Å². The standard InChI is InChI=1S/C15H22N2O6/c1-15(2,3)23-14(22)17-7-5-11(18)12(19)9-4-6-16-10(8-9)13(20)21/h4,6,8,11-12,18-19H,5,7H2,1-3H3,(H,17,22)(H,20,21). The van der Waals surface area contributed by atoms with Gasteiger partial charge in [-0.3, -0.25) is 0 Å². The molecule has 23 heavy (non-hydrogen) atoms. The molecule has 8 nitrogen and oxygen atoms in total. The molecular weight excluding hydrogens is 304 g/mol. The molecule has 8 heteroatoms. The minimum Gasteiger partial charge on any atom is -0.477 e. The number of amides is 1. The Hall–Kier alpha value is -2.19. The summed E-state index contributed by atoms with van der Waals surface area (Å²) in [7, 11) is 0. The van der Waals surface area contributed by atoms with Gasteiger partial charge in [-0.05, 0) is 44.9 Å². The summed E-state index contributed by atoms with van der Waals surface area (Å²) in [6.07, 6.45) is -1.75. The fraction of sp³-hybridized carbons (Fsp3) is 0.533. The van der Waals surface area contributed by atoms with Gasteiger partial charge in [-0.25, -0.2) is 14.6 Å². The number of alkyl carbamates (subject to hydrolysis) is 1. The molecule has 1 heterocycles. The lowest BCUT2D eigenvalue weighted by Gasteiger charge is -2.21. The van der Waals surface area contributed by atoms with Gasteiger partial charge in [0.05, 0.1) is 6.10 Å². The topological polar surface area (TPSA) is 129 Å². The van der Waals surface area contributed by atoms with E-state index < -0.39 is 29.9 Å². The number of aliphatic hydroxyl groups excluding tert-OH is 2. The summed E-state index contributed by atoms with van der Waals surface area (Å²) in [5.74, 6) is -1.22. The van der Waals surface area contributed by atoms with Crippen molar-refractivity contribution in [3.05, 3.63) is 29.6 Å². The van der Waals surface area contributed by atoms with Gasteiger partial charge in [-0.1, -0.05) is 0 Å². The number of carboxylic acids is 1. The summed E-state index contributed by atoms with van der Waals surface area (Å²) >= 11 is 0. The van der Waals surface area contributed by atoms with Gasteiger partial charge < -0.3 is 25.4 Å². The number of aromatic carboxylic acids is 1. The third kappa shape index (κ3) is 6.62. The van der Waals surface area contributed by atoms with Crippen LogP contribution in [-0.4, -0.2) is 50.6 Å². The second kappa shape index (κ2) is 7.89. The molecule has 1 rings (SSSR count). The fourth-order valence-corrected chi connectivity index (χ4v) is 1.76. The minimum atomic E-state index is -1.28. The van der Waals surface area contributed by atoms with E-state index in [2.05, 4.69) is 10.3 Å². The number of hydrogen-bond donors (Lipinski definition) is 4. The van der Waals surface area contributed by atoms with Crippen LogP contribution in [0, 0.1) is 0 Å². The number of rotatable bonds is 6. The molecule has 1 amide bonds. The van der Waals surface area contributed by atoms with Gasteiger partial charge in [0.2, 0.25) is 0 Å². The van der Waals surface area contributed by atoms with Crippen LogP contribution in [0.15, 0.2) is 18.3 Å². The Morgan fingerprint density at radius 3 is 2.57 bits per heavy atom. The van der Waals surface area contributed by atoms with Crippen molar-refractivity contribution in [1.29, 1.82) is 0 Å².